The predicted octanol–water partition coefficient (Wildman–Crippen LogP) is 5.20. The molecule has 0 saturated carbocycles. The molecule has 0 aliphatic heterocycles. The van der Waals surface area contributed by atoms with E-state index in [2.05, 4.69) is 39.0 Å². The SMILES string of the molecule is CC.CCCN(CC)c1nn(-c2cc(CC)nc(C(C)(C)F)n2)c2cc(NC(C)=O)ncc12. The van der Waals surface area contributed by atoms with E-state index in [4.69, 9.17) is 5.10 Å². The van der Waals surface area contributed by atoms with E-state index >= 15 is 0 Å². The topological polar surface area (TPSA) is 88.8 Å². The molecule has 3 aromatic heterocycles. The second-order valence-electron chi connectivity index (χ2n) is 7.95. The van der Waals surface area contributed by atoms with Crippen LogP contribution in [-0.2, 0) is 16.9 Å². The van der Waals surface area contributed by atoms with E-state index in [1.807, 2.05) is 26.8 Å². The van der Waals surface area contributed by atoms with Crippen LogP contribution in [0.3, 0.4) is 0 Å². The van der Waals surface area contributed by atoms with Gasteiger partial charge in [0.15, 0.2) is 23.1 Å². The quantitative estimate of drug-likeness (QED) is 0.500. The third-order valence-corrected chi connectivity index (χ3v) is 4.90. The molecule has 0 saturated heterocycles. The van der Waals surface area contributed by atoms with Gasteiger partial charge in [0.05, 0.1) is 10.9 Å². The largest absolute Gasteiger partial charge is 0.355 e. The Kier molecular flexibility index (Phi) is 8.84. The molecule has 3 rings (SSSR count). The van der Waals surface area contributed by atoms with Crippen molar-refractivity contribution in [3.05, 3.63) is 29.8 Å². The van der Waals surface area contributed by atoms with Crippen LogP contribution in [0.15, 0.2) is 18.3 Å². The zero-order valence-corrected chi connectivity index (χ0v) is 21.0. The van der Waals surface area contributed by atoms with E-state index in [-0.39, 0.29) is 11.7 Å². The monoisotopic (exact) mass is 457 g/mol. The van der Waals surface area contributed by atoms with Gasteiger partial charge in [0.2, 0.25) is 5.91 Å². The molecule has 1 N–H and O–H groups in total. The van der Waals surface area contributed by atoms with Gasteiger partial charge in [-0.05, 0) is 33.6 Å². The summed E-state index contributed by atoms with van der Waals surface area (Å²) in [6, 6.07) is 3.58. The maximum absolute atomic E-state index is 14.7. The number of fused-ring (bicyclic) bond motifs is 1. The zero-order valence-electron chi connectivity index (χ0n) is 21.0. The van der Waals surface area contributed by atoms with Gasteiger partial charge in [-0.2, -0.15) is 0 Å². The molecule has 0 aromatic carbocycles. The molecule has 1 amide bonds. The summed E-state index contributed by atoms with van der Waals surface area (Å²) in [5.41, 5.74) is -0.230. The Morgan fingerprint density at radius 3 is 2.42 bits per heavy atom. The molecule has 0 atom stereocenters. The van der Waals surface area contributed by atoms with Crippen molar-refractivity contribution in [1.82, 2.24) is 24.7 Å². The van der Waals surface area contributed by atoms with Crippen molar-refractivity contribution < 1.29 is 9.18 Å². The van der Waals surface area contributed by atoms with Crippen LogP contribution in [0.4, 0.5) is 16.0 Å². The Balaban J connectivity index is 0.00000187. The van der Waals surface area contributed by atoms with Crippen molar-refractivity contribution >= 4 is 28.4 Å². The molecule has 33 heavy (non-hydrogen) atoms. The number of amides is 1. The van der Waals surface area contributed by atoms with E-state index in [1.54, 1.807) is 16.9 Å². The normalized spacial score (nSPS) is 11.2. The van der Waals surface area contributed by atoms with Gasteiger partial charge in [0.1, 0.15) is 5.82 Å². The predicted molar refractivity (Wildman–Crippen MR) is 132 cm³/mol. The van der Waals surface area contributed by atoms with Gasteiger partial charge in [0, 0.05) is 44.0 Å². The Morgan fingerprint density at radius 1 is 1.18 bits per heavy atom. The first-order valence-electron chi connectivity index (χ1n) is 11.7. The van der Waals surface area contributed by atoms with Gasteiger partial charge in [-0.25, -0.2) is 24.0 Å². The third kappa shape index (κ3) is 6.03. The van der Waals surface area contributed by atoms with Crippen LogP contribution in [-0.4, -0.2) is 43.7 Å². The minimum absolute atomic E-state index is 0.115. The van der Waals surface area contributed by atoms with Crippen molar-refractivity contribution in [1.29, 1.82) is 0 Å². The van der Waals surface area contributed by atoms with Gasteiger partial charge < -0.3 is 10.2 Å². The number of halogens is 1. The number of hydrogen-bond acceptors (Lipinski definition) is 6. The van der Waals surface area contributed by atoms with Gasteiger partial charge in [-0.1, -0.05) is 27.7 Å². The van der Waals surface area contributed by atoms with Gasteiger partial charge in [-0.3, -0.25) is 4.79 Å². The molecule has 0 aliphatic rings. The van der Waals surface area contributed by atoms with E-state index in [0.717, 1.165) is 41.9 Å². The number of carbonyl (C=O) groups is 1. The lowest BCUT2D eigenvalue weighted by Crippen LogP contribution is -2.24. The Morgan fingerprint density at radius 2 is 1.88 bits per heavy atom. The van der Waals surface area contributed by atoms with Gasteiger partial charge >= 0.3 is 0 Å². The number of rotatable bonds is 8. The highest BCUT2D eigenvalue weighted by atomic mass is 19.1. The van der Waals surface area contributed by atoms with E-state index in [0.29, 0.717) is 18.1 Å². The third-order valence-electron chi connectivity index (χ3n) is 4.90. The lowest BCUT2D eigenvalue weighted by atomic mass is 10.1. The first kappa shape index (κ1) is 26.2. The summed E-state index contributed by atoms with van der Waals surface area (Å²) in [4.78, 5) is 27.0. The first-order valence-corrected chi connectivity index (χ1v) is 11.7. The minimum atomic E-state index is -1.69. The van der Waals surface area contributed by atoms with Crippen LogP contribution in [0.2, 0.25) is 0 Å². The lowest BCUT2D eigenvalue weighted by Gasteiger charge is -2.19. The van der Waals surface area contributed by atoms with Crippen LogP contribution in [0.25, 0.3) is 16.7 Å². The van der Waals surface area contributed by atoms with Gasteiger partial charge in [0.25, 0.3) is 0 Å². The van der Waals surface area contributed by atoms with Crippen LogP contribution in [0, 0.1) is 0 Å². The maximum Gasteiger partial charge on any atom is 0.222 e. The number of aromatic nitrogens is 5. The smallest absolute Gasteiger partial charge is 0.222 e. The second-order valence-corrected chi connectivity index (χ2v) is 7.95. The summed E-state index contributed by atoms with van der Waals surface area (Å²) in [7, 11) is 0. The number of hydrogen-bond donors (Lipinski definition) is 1. The number of nitrogens with zero attached hydrogens (tertiary/aromatic N) is 6. The highest BCUT2D eigenvalue weighted by Crippen LogP contribution is 2.30. The van der Waals surface area contributed by atoms with Crippen molar-refractivity contribution in [2.45, 2.75) is 73.9 Å². The fourth-order valence-corrected chi connectivity index (χ4v) is 3.37. The molecule has 180 valence electrons. The van der Waals surface area contributed by atoms with Crippen LogP contribution in [0.5, 0.6) is 0 Å². The number of anilines is 2. The molecule has 3 aromatic rings. The van der Waals surface area contributed by atoms with Gasteiger partial charge in [-0.15, -0.1) is 5.10 Å². The molecule has 9 heteroatoms. The van der Waals surface area contributed by atoms with Crippen LogP contribution in [0.1, 0.15) is 73.3 Å². The molecular formula is C24H36FN7O. The minimum Gasteiger partial charge on any atom is -0.355 e. The maximum atomic E-state index is 14.7. The number of alkyl halides is 1. The average molecular weight is 458 g/mol. The Bertz CT molecular complexity index is 1090. The standard InChI is InChI=1S/C22H30FN7O.C2H6/c1-7-10-29(9-3)20-16-13-24-18(25-14(4)31)12-17(16)30(28-20)19-11-15(8-2)26-21(27-19)22(5,6)23;1-2/h11-13H,7-10H2,1-6H3,(H,24,25,31);1-2H3. The van der Waals surface area contributed by atoms with E-state index in [1.165, 1.54) is 20.8 Å². The van der Waals surface area contributed by atoms with Crippen molar-refractivity contribution in [2.24, 2.45) is 0 Å². The number of aryl methyl sites for hydroxylation is 1. The number of nitrogens with one attached hydrogen (secondary N) is 1. The molecule has 0 radical (unpaired) electrons. The van der Waals surface area contributed by atoms with Crippen LogP contribution < -0.4 is 10.2 Å². The zero-order chi connectivity index (χ0) is 24.8. The molecule has 0 spiro atoms. The molecule has 0 bridgehead atoms. The molecule has 0 aliphatic carbocycles. The highest BCUT2D eigenvalue weighted by molar-refractivity contribution is 5.95. The molecule has 8 nitrogen and oxygen atoms in total. The fourth-order valence-electron chi connectivity index (χ4n) is 3.37. The summed E-state index contributed by atoms with van der Waals surface area (Å²) < 4.78 is 16.4. The van der Waals surface area contributed by atoms with Crippen molar-refractivity contribution in [3.8, 4) is 5.82 Å². The van der Waals surface area contributed by atoms with Crippen molar-refractivity contribution in [2.75, 3.05) is 23.3 Å². The lowest BCUT2D eigenvalue weighted by molar-refractivity contribution is -0.114. The molecule has 3 heterocycles. The van der Waals surface area contributed by atoms with Crippen molar-refractivity contribution in [3.63, 3.8) is 0 Å². The summed E-state index contributed by atoms with van der Waals surface area (Å²) in [6.45, 7) is 16.1. The van der Waals surface area contributed by atoms with E-state index < -0.39 is 5.67 Å². The number of pyridine rings is 1. The second kappa shape index (κ2) is 11.2. The Hall–Kier alpha value is -3.10. The first-order chi connectivity index (χ1) is 15.7. The highest BCUT2D eigenvalue weighted by Gasteiger charge is 2.25. The summed E-state index contributed by atoms with van der Waals surface area (Å²) in [5.74, 6) is 1.58. The molecule has 0 unspecified atom stereocenters. The summed E-state index contributed by atoms with van der Waals surface area (Å²) >= 11 is 0. The Labute approximate surface area is 195 Å². The molecular weight excluding hydrogens is 421 g/mol. The summed E-state index contributed by atoms with van der Waals surface area (Å²) in [5, 5.41) is 8.39. The van der Waals surface area contributed by atoms with E-state index in [9.17, 15) is 9.18 Å². The summed E-state index contributed by atoms with van der Waals surface area (Å²) in [6.07, 6.45) is 3.31. The number of carbonyl (C=O) groups excluding carboxylic acids is 1. The fraction of sp³-hybridized carbons (Fsp3) is 0.542. The molecule has 0 fully saturated rings. The van der Waals surface area contributed by atoms with Crippen LogP contribution >= 0.6 is 0 Å². The average Bonchev–Trinajstić information content (AvgIpc) is 3.16.